The molecule has 4 nitrogen and oxygen atoms in total. The van der Waals surface area contributed by atoms with Crippen molar-refractivity contribution in [2.75, 3.05) is 26.3 Å². The number of hydrogen-bond donors (Lipinski definition) is 0. The number of nitrogens with zero attached hydrogens (tertiary/aromatic N) is 2. The quantitative estimate of drug-likeness (QED) is 0.325. The van der Waals surface area contributed by atoms with Crippen molar-refractivity contribution in [2.45, 2.75) is 0 Å². The molecule has 3 rings (SSSR count). The normalized spacial score (nSPS) is 14.3. The van der Waals surface area contributed by atoms with E-state index in [9.17, 15) is 0 Å². The molecule has 0 saturated heterocycles. The van der Waals surface area contributed by atoms with Gasteiger partial charge >= 0.3 is 21.7 Å². The van der Waals surface area contributed by atoms with Crippen LogP contribution in [0, 0.1) is 0 Å². The molecule has 0 unspecified atom stereocenters. The molecule has 0 radical (unpaired) electrons. The van der Waals surface area contributed by atoms with Crippen LogP contribution in [0.25, 0.3) is 0 Å². The van der Waals surface area contributed by atoms with Crippen molar-refractivity contribution in [3.05, 3.63) is 35.4 Å². The van der Waals surface area contributed by atoms with Gasteiger partial charge in [0.1, 0.15) is 13.2 Å². The number of hydrogen-bond acceptors (Lipinski definition) is 4. The van der Waals surface area contributed by atoms with Gasteiger partial charge in [-0.25, -0.2) is 9.98 Å². The van der Waals surface area contributed by atoms with Crippen LogP contribution in [0.3, 0.4) is 0 Å². The monoisotopic (exact) mass is 580 g/mol. The summed E-state index contributed by atoms with van der Waals surface area (Å²) in [5.74, 6) is 1.45. The van der Waals surface area contributed by atoms with E-state index in [0.29, 0.717) is 13.2 Å². The number of halogens is 4. The van der Waals surface area contributed by atoms with Crippen molar-refractivity contribution in [3.63, 3.8) is 0 Å². The van der Waals surface area contributed by atoms with E-state index in [-0.39, 0.29) is 89.6 Å². The van der Waals surface area contributed by atoms with Gasteiger partial charge in [-0.2, -0.15) is 0 Å². The third-order valence-corrected chi connectivity index (χ3v) is 2.53. The zero-order valence-electron chi connectivity index (χ0n) is 10.9. The maximum Gasteiger partial charge on any atom is 4.00 e. The molecule has 0 atom stereocenters. The molecular formula is C12H12Br4N2O2Ti. The fraction of sp³-hybridized carbons (Fsp3) is 0.333. The smallest absolute Gasteiger partial charge is 1.00 e. The zero-order chi connectivity index (χ0) is 10.8. The molecule has 1 aromatic rings. The topological polar surface area (TPSA) is 43.2 Å². The average Bonchev–Trinajstić information content (AvgIpc) is 3.03. The predicted octanol–water partition coefficient (Wildman–Crippen LogP) is -10.7. The van der Waals surface area contributed by atoms with Gasteiger partial charge in [0.2, 0.25) is 11.8 Å². The molecule has 1 aromatic carbocycles. The van der Waals surface area contributed by atoms with Gasteiger partial charge in [-0.05, 0) is 18.2 Å². The van der Waals surface area contributed by atoms with E-state index in [1.54, 1.807) is 0 Å². The van der Waals surface area contributed by atoms with Crippen LogP contribution in [-0.4, -0.2) is 38.1 Å². The molecule has 0 N–H and O–H groups in total. The van der Waals surface area contributed by atoms with E-state index in [1.165, 1.54) is 0 Å². The Morgan fingerprint density at radius 3 is 1.52 bits per heavy atom. The van der Waals surface area contributed by atoms with Crippen LogP contribution in [-0.2, 0) is 31.2 Å². The molecule has 114 valence electrons. The van der Waals surface area contributed by atoms with Gasteiger partial charge in [-0.3, -0.25) is 0 Å². The molecule has 2 heterocycles. The summed E-state index contributed by atoms with van der Waals surface area (Å²) in [7, 11) is 0. The van der Waals surface area contributed by atoms with E-state index >= 15 is 0 Å². The van der Waals surface area contributed by atoms with Gasteiger partial charge in [0, 0.05) is 11.1 Å². The van der Waals surface area contributed by atoms with Crippen molar-refractivity contribution in [3.8, 4) is 0 Å². The summed E-state index contributed by atoms with van der Waals surface area (Å²) in [6, 6.07) is 7.96. The van der Waals surface area contributed by atoms with Crippen molar-refractivity contribution in [1.82, 2.24) is 0 Å². The fourth-order valence-electron chi connectivity index (χ4n) is 1.80. The molecule has 0 saturated carbocycles. The van der Waals surface area contributed by atoms with Gasteiger partial charge in [0.15, 0.2) is 0 Å². The van der Waals surface area contributed by atoms with Gasteiger partial charge in [-0.15, -0.1) is 0 Å². The average molecular weight is 584 g/mol. The van der Waals surface area contributed by atoms with Crippen LogP contribution >= 0.6 is 0 Å². The van der Waals surface area contributed by atoms with Gasteiger partial charge in [-0.1, -0.05) is 6.07 Å². The maximum atomic E-state index is 5.43. The van der Waals surface area contributed by atoms with E-state index in [0.717, 1.165) is 36.0 Å². The summed E-state index contributed by atoms with van der Waals surface area (Å²) in [5, 5.41) is 0. The molecule has 0 aromatic heterocycles. The van der Waals surface area contributed by atoms with Crippen molar-refractivity contribution in [2.24, 2.45) is 9.98 Å². The summed E-state index contributed by atoms with van der Waals surface area (Å²) in [6.45, 7) is 2.85. The Balaban J connectivity index is -0.000000648. The van der Waals surface area contributed by atoms with Gasteiger partial charge in [0.05, 0.1) is 13.1 Å². The first-order valence-corrected chi connectivity index (χ1v) is 5.39. The molecule has 0 aliphatic carbocycles. The second kappa shape index (κ2) is 13.3. The minimum atomic E-state index is 0. The molecule has 0 amide bonds. The number of rotatable bonds is 2. The fourth-order valence-corrected chi connectivity index (χ4v) is 1.80. The minimum Gasteiger partial charge on any atom is -1.00 e. The summed E-state index contributed by atoms with van der Waals surface area (Å²) in [5.41, 5.74) is 1.99. The van der Waals surface area contributed by atoms with E-state index in [1.807, 2.05) is 24.3 Å². The molecule has 9 heteroatoms. The first-order chi connectivity index (χ1) is 7.93. The molecule has 0 fully saturated rings. The Morgan fingerprint density at radius 1 is 0.762 bits per heavy atom. The minimum absolute atomic E-state index is 0. The largest absolute Gasteiger partial charge is 4.00 e. The van der Waals surface area contributed by atoms with Crippen LogP contribution in [0.2, 0.25) is 0 Å². The van der Waals surface area contributed by atoms with Crippen LogP contribution in [0.4, 0.5) is 0 Å². The van der Waals surface area contributed by atoms with Crippen molar-refractivity contribution < 1.29 is 99.1 Å². The predicted molar refractivity (Wildman–Crippen MR) is 61.2 cm³/mol. The van der Waals surface area contributed by atoms with Crippen molar-refractivity contribution in [1.29, 1.82) is 0 Å². The number of ether oxygens (including phenoxy) is 2. The standard InChI is InChI=1S/C12H12N2O2.4BrH.Ti/c1-2-9(11-13-4-6-15-11)8-10(3-1)12-14-5-7-16-12;;;;;/h1-3,8H,4-7H2;4*1H;/q;;;;;+4/p-4. The van der Waals surface area contributed by atoms with E-state index in [4.69, 9.17) is 9.47 Å². The first kappa shape index (κ1) is 26.7. The first-order valence-electron chi connectivity index (χ1n) is 5.39. The van der Waals surface area contributed by atoms with E-state index in [2.05, 4.69) is 9.98 Å². The van der Waals surface area contributed by atoms with Crippen LogP contribution in [0.15, 0.2) is 34.3 Å². The number of aliphatic imine (C=N–C) groups is 2. The Bertz CT molecular complexity index is 447. The summed E-state index contributed by atoms with van der Waals surface area (Å²) in [4.78, 5) is 8.57. The van der Waals surface area contributed by atoms with Gasteiger partial charge in [0.25, 0.3) is 0 Å². The Kier molecular flexibility index (Phi) is 16.8. The number of benzene rings is 1. The summed E-state index contributed by atoms with van der Waals surface area (Å²) >= 11 is 0. The molecule has 21 heavy (non-hydrogen) atoms. The molecule has 0 bridgehead atoms. The second-order valence-electron chi connectivity index (χ2n) is 3.65. The summed E-state index contributed by atoms with van der Waals surface area (Å²) in [6.07, 6.45) is 0. The molecule has 2 aliphatic heterocycles. The summed E-state index contributed by atoms with van der Waals surface area (Å²) < 4.78 is 10.9. The maximum absolute atomic E-state index is 5.43. The molecule has 0 spiro atoms. The Morgan fingerprint density at radius 2 is 1.19 bits per heavy atom. The molecular weight excluding hydrogens is 572 g/mol. The SMILES string of the molecule is [Br-].[Br-].[Br-].[Br-].[Ti+4].c1cc(C2=NCCO2)cc(C2=NCCO2)c1. The Hall–Kier alpha value is 0.794. The van der Waals surface area contributed by atoms with Crippen LogP contribution in [0.5, 0.6) is 0 Å². The second-order valence-corrected chi connectivity index (χ2v) is 3.65. The third-order valence-electron chi connectivity index (χ3n) is 2.53. The third kappa shape index (κ3) is 6.83. The zero-order valence-corrected chi connectivity index (χ0v) is 18.8. The molecule has 2 aliphatic rings. The van der Waals surface area contributed by atoms with Gasteiger partial charge < -0.3 is 77.4 Å². The van der Waals surface area contributed by atoms with Crippen molar-refractivity contribution >= 4 is 11.8 Å². The Labute approximate surface area is 181 Å². The van der Waals surface area contributed by atoms with Crippen LogP contribution in [0.1, 0.15) is 11.1 Å². The van der Waals surface area contributed by atoms with E-state index < -0.39 is 0 Å². The van der Waals surface area contributed by atoms with Crippen LogP contribution < -0.4 is 67.9 Å².